The number of rotatable bonds is 0. The minimum absolute atomic E-state index is 0.254. The molecule has 0 bridgehead atoms. The monoisotopic (exact) mass is 256 g/mol. The summed E-state index contributed by atoms with van der Waals surface area (Å²) in [6, 6.07) is -0.417. The fraction of sp³-hybridized carbons (Fsp3) is 0.833. The van der Waals surface area contributed by atoms with Gasteiger partial charge in [0.25, 0.3) is 5.91 Å². The SMILES string of the molecule is CC.O=C1NC(=O)C2(CCCC3(C2)OCCO3)N1. The Hall–Kier alpha value is -1.14. The molecule has 0 aromatic rings. The Morgan fingerprint density at radius 2 is 1.78 bits per heavy atom. The van der Waals surface area contributed by atoms with Crippen LogP contribution in [0.2, 0.25) is 0 Å². The zero-order chi connectivity index (χ0) is 13.2. The van der Waals surface area contributed by atoms with Crippen LogP contribution in [0.5, 0.6) is 0 Å². The molecule has 1 saturated carbocycles. The number of ether oxygens (including phenoxy) is 2. The van der Waals surface area contributed by atoms with Crippen molar-refractivity contribution in [2.75, 3.05) is 13.2 Å². The van der Waals surface area contributed by atoms with Crippen LogP contribution in [0.15, 0.2) is 0 Å². The van der Waals surface area contributed by atoms with Gasteiger partial charge in [0.2, 0.25) is 0 Å². The lowest BCUT2D eigenvalue weighted by Crippen LogP contribution is -2.56. The van der Waals surface area contributed by atoms with E-state index in [4.69, 9.17) is 9.47 Å². The molecule has 6 heteroatoms. The van der Waals surface area contributed by atoms with Crippen LogP contribution in [-0.2, 0) is 14.3 Å². The maximum Gasteiger partial charge on any atom is 0.322 e. The second-order valence-corrected chi connectivity index (χ2v) is 4.63. The Balaban J connectivity index is 0.000000574. The van der Waals surface area contributed by atoms with Crippen LogP contribution in [0.3, 0.4) is 0 Å². The highest BCUT2D eigenvalue weighted by atomic mass is 16.7. The minimum atomic E-state index is -0.820. The van der Waals surface area contributed by atoms with E-state index < -0.39 is 17.4 Å². The highest BCUT2D eigenvalue weighted by molar-refractivity contribution is 6.07. The maximum absolute atomic E-state index is 11.8. The fourth-order valence-corrected chi connectivity index (χ4v) is 2.87. The van der Waals surface area contributed by atoms with E-state index in [1.807, 2.05) is 13.8 Å². The molecule has 0 aromatic heterocycles. The molecule has 3 rings (SSSR count). The number of urea groups is 1. The Morgan fingerprint density at radius 3 is 2.33 bits per heavy atom. The third-order valence-electron chi connectivity index (χ3n) is 3.56. The van der Waals surface area contributed by atoms with Crippen molar-refractivity contribution in [2.24, 2.45) is 0 Å². The Bertz CT molecular complexity index is 352. The van der Waals surface area contributed by atoms with E-state index in [9.17, 15) is 9.59 Å². The van der Waals surface area contributed by atoms with Gasteiger partial charge in [-0.3, -0.25) is 10.1 Å². The summed E-state index contributed by atoms with van der Waals surface area (Å²) in [6.45, 7) is 5.12. The number of carbonyl (C=O) groups excluding carboxylic acids is 2. The summed E-state index contributed by atoms with van der Waals surface area (Å²) in [5, 5.41) is 4.99. The van der Waals surface area contributed by atoms with E-state index in [0.29, 0.717) is 26.1 Å². The van der Waals surface area contributed by atoms with Crippen LogP contribution >= 0.6 is 0 Å². The number of nitrogens with one attached hydrogen (secondary N) is 2. The van der Waals surface area contributed by atoms with Gasteiger partial charge in [0.15, 0.2) is 5.79 Å². The van der Waals surface area contributed by atoms with Crippen molar-refractivity contribution >= 4 is 11.9 Å². The van der Waals surface area contributed by atoms with E-state index in [0.717, 1.165) is 12.8 Å². The first-order valence-corrected chi connectivity index (χ1v) is 6.56. The molecule has 0 aromatic carbocycles. The lowest BCUT2D eigenvalue weighted by atomic mass is 9.78. The van der Waals surface area contributed by atoms with Gasteiger partial charge in [0.1, 0.15) is 5.54 Å². The number of hydrogen-bond acceptors (Lipinski definition) is 4. The Morgan fingerprint density at radius 1 is 1.11 bits per heavy atom. The molecule has 6 nitrogen and oxygen atoms in total. The van der Waals surface area contributed by atoms with Gasteiger partial charge in [0, 0.05) is 12.8 Å². The highest BCUT2D eigenvalue weighted by Gasteiger charge is 2.55. The minimum Gasteiger partial charge on any atom is -0.347 e. The van der Waals surface area contributed by atoms with Crippen LogP contribution < -0.4 is 10.6 Å². The third kappa shape index (κ3) is 2.10. The molecule has 18 heavy (non-hydrogen) atoms. The van der Waals surface area contributed by atoms with Crippen molar-refractivity contribution in [3.8, 4) is 0 Å². The van der Waals surface area contributed by atoms with Crippen LogP contribution in [0.4, 0.5) is 4.79 Å². The third-order valence-corrected chi connectivity index (χ3v) is 3.56. The van der Waals surface area contributed by atoms with E-state index in [1.165, 1.54) is 0 Å². The standard InChI is InChI=1S/C10H14N2O4.C2H6/c13-7-9(12-8(14)11-7)2-1-3-10(6-9)15-4-5-16-10;1-2/h1-6H2,(H2,11,12,13,14);1-2H3. The van der Waals surface area contributed by atoms with Crippen LogP contribution in [-0.4, -0.2) is 36.5 Å². The van der Waals surface area contributed by atoms with Gasteiger partial charge in [-0.25, -0.2) is 4.79 Å². The van der Waals surface area contributed by atoms with Gasteiger partial charge in [-0.15, -0.1) is 0 Å². The first-order valence-electron chi connectivity index (χ1n) is 6.56. The Labute approximate surface area is 106 Å². The normalized spacial score (nSPS) is 33.0. The molecular formula is C12H20N2O4. The smallest absolute Gasteiger partial charge is 0.322 e. The van der Waals surface area contributed by atoms with Gasteiger partial charge in [0.05, 0.1) is 13.2 Å². The van der Waals surface area contributed by atoms with E-state index in [-0.39, 0.29) is 5.91 Å². The predicted octanol–water partition coefficient (Wildman–Crippen LogP) is 0.908. The van der Waals surface area contributed by atoms with Gasteiger partial charge in [-0.1, -0.05) is 13.8 Å². The lowest BCUT2D eigenvalue weighted by molar-refractivity contribution is -0.192. The molecule has 0 radical (unpaired) electrons. The van der Waals surface area contributed by atoms with Crippen molar-refractivity contribution in [3.05, 3.63) is 0 Å². The zero-order valence-electron chi connectivity index (χ0n) is 10.9. The van der Waals surface area contributed by atoms with Crippen molar-refractivity contribution < 1.29 is 19.1 Å². The summed E-state index contributed by atoms with van der Waals surface area (Å²) >= 11 is 0. The molecule has 2 N–H and O–H groups in total. The van der Waals surface area contributed by atoms with Crippen LogP contribution in [0.1, 0.15) is 39.5 Å². The quantitative estimate of drug-likeness (QED) is 0.631. The average Bonchev–Trinajstić information content (AvgIpc) is 2.89. The van der Waals surface area contributed by atoms with E-state index in [2.05, 4.69) is 10.6 Å². The van der Waals surface area contributed by atoms with Crippen LogP contribution in [0, 0.1) is 0 Å². The fourth-order valence-electron chi connectivity index (χ4n) is 2.87. The van der Waals surface area contributed by atoms with Crippen molar-refractivity contribution in [1.29, 1.82) is 0 Å². The Kier molecular flexibility index (Phi) is 3.59. The summed E-state index contributed by atoms with van der Waals surface area (Å²) in [5.41, 5.74) is -0.820. The molecule has 102 valence electrons. The molecule has 3 aliphatic rings. The molecule has 2 saturated heterocycles. The number of hydrogen-bond donors (Lipinski definition) is 2. The van der Waals surface area contributed by atoms with Gasteiger partial charge < -0.3 is 14.8 Å². The molecule has 2 heterocycles. The first-order chi connectivity index (χ1) is 8.64. The highest BCUT2D eigenvalue weighted by Crippen LogP contribution is 2.41. The van der Waals surface area contributed by atoms with Gasteiger partial charge in [-0.2, -0.15) is 0 Å². The molecule has 1 atom stereocenters. The summed E-state index contributed by atoms with van der Waals surface area (Å²) in [7, 11) is 0. The first kappa shape index (κ1) is 13.3. The lowest BCUT2D eigenvalue weighted by Gasteiger charge is -2.40. The van der Waals surface area contributed by atoms with Crippen molar-refractivity contribution in [3.63, 3.8) is 0 Å². The number of carbonyl (C=O) groups is 2. The summed E-state index contributed by atoms with van der Waals surface area (Å²) in [6.07, 6.45) is 2.67. The maximum atomic E-state index is 11.8. The molecule has 2 aliphatic heterocycles. The second kappa shape index (κ2) is 4.85. The van der Waals surface area contributed by atoms with Crippen molar-refractivity contribution in [2.45, 2.75) is 50.9 Å². The number of imide groups is 1. The molecule has 2 spiro atoms. The summed E-state index contributed by atoms with van der Waals surface area (Å²) in [4.78, 5) is 23.0. The molecule has 1 aliphatic carbocycles. The van der Waals surface area contributed by atoms with Crippen molar-refractivity contribution in [1.82, 2.24) is 10.6 Å². The van der Waals surface area contributed by atoms with E-state index >= 15 is 0 Å². The zero-order valence-corrected chi connectivity index (χ0v) is 10.9. The summed E-state index contributed by atoms with van der Waals surface area (Å²) in [5.74, 6) is -0.914. The van der Waals surface area contributed by atoms with Crippen LogP contribution in [0.25, 0.3) is 0 Å². The molecule has 3 amide bonds. The number of amides is 3. The van der Waals surface area contributed by atoms with E-state index in [1.54, 1.807) is 0 Å². The second-order valence-electron chi connectivity index (χ2n) is 4.63. The topological polar surface area (TPSA) is 76.7 Å². The molecular weight excluding hydrogens is 236 g/mol. The van der Waals surface area contributed by atoms with Gasteiger partial charge >= 0.3 is 6.03 Å². The van der Waals surface area contributed by atoms with Gasteiger partial charge in [-0.05, 0) is 12.8 Å². The predicted molar refractivity (Wildman–Crippen MR) is 63.9 cm³/mol. The molecule has 3 fully saturated rings. The summed E-state index contributed by atoms with van der Waals surface area (Å²) < 4.78 is 11.2. The average molecular weight is 256 g/mol. The molecule has 1 unspecified atom stereocenters. The largest absolute Gasteiger partial charge is 0.347 e.